The molecule has 90 valence electrons. The first-order valence-corrected chi connectivity index (χ1v) is 7.17. The van der Waals surface area contributed by atoms with Crippen molar-refractivity contribution in [3.8, 4) is 0 Å². The lowest BCUT2D eigenvalue weighted by atomic mass is 10.1. The maximum Gasteiger partial charge on any atom is 0.177 e. The Morgan fingerprint density at radius 2 is 2.06 bits per heavy atom. The average molecular weight is 276 g/mol. The lowest BCUT2D eigenvalue weighted by molar-refractivity contribution is 0.0997. The number of carbonyl (C=O) groups is 1. The molecule has 0 saturated heterocycles. The Bertz CT molecular complexity index is 683. The molecule has 4 heteroatoms. The number of benzene rings is 1. The summed E-state index contributed by atoms with van der Waals surface area (Å²) in [6, 6.07) is 10.1. The molecule has 0 fully saturated rings. The topological polar surface area (TPSA) is 17.1 Å². The number of Topliss-reactive ketones (excluding diaryl/α,β-unsaturated/α-hetero) is 1. The number of fused-ring (bicyclic) bond motifs is 1. The molecule has 0 aliphatic rings. The van der Waals surface area contributed by atoms with E-state index in [4.69, 9.17) is 0 Å². The minimum atomic E-state index is -0.299. The smallest absolute Gasteiger partial charge is 0.177 e. The van der Waals surface area contributed by atoms with Gasteiger partial charge in [0.25, 0.3) is 0 Å². The fourth-order valence-electron chi connectivity index (χ4n) is 1.82. The minimum absolute atomic E-state index is 0.0500. The van der Waals surface area contributed by atoms with Crippen molar-refractivity contribution in [1.29, 1.82) is 0 Å². The van der Waals surface area contributed by atoms with E-state index in [0.29, 0.717) is 0 Å². The highest BCUT2D eigenvalue weighted by molar-refractivity contribution is 7.27. The molecule has 0 unspecified atom stereocenters. The van der Waals surface area contributed by atoms with Crippen LogP contribution in [-0.2, 0) is 6.42 Å². The summed E-state index contributed by atoms with van der Waals surface area (Å²) >= 11 is 3.14. The van der Waals surface area contributed by atoms with Crippen LogP contribution in [0.5, 0.6) is 0 Å². The van der Waals surface area contributed by atoms with E-state index in [2.05, 4.69) is 0 Å². The normalized spacial score (nSPS) is 10.9. The highest BCUT2D eigenvalue weighted by Gasteiger charge is 2.12. The number of rotatable bonds is 3. The molecule has 0 aliphatic heterocycles. The standard InChI is InChI=1S/C14H9FOS2/c15-10-3-1-2-9(6-10)7-11(16)13-8-14-12(18-13)4-5-17-14/h1-6,8H,7H2. The van der Waals surface area contributed by atoms with Crippen LogP contribution in [0.1, 0.15) is 15.2 Å². The van der Waals surface area contributed by atoms with Gasteiger partial charge in [0.2, 0.25) is 0 Å². The summed E-state index contributed by atoms with van der Waals surface area (Å²) < 4.78 is 15.3. The van der Waals surface area contributed by atoms with Gasteiger partial charge in [-0.1, -0.05) is 12.1 Å². The van der Waals surface area contributed by atoms with Gasteiger partial charge in [-0.3, -0.25) is 4.79 Å². The summed E-state index contributed by atoms with van der Waals surface area (Å²) in [5, 5.41) is 2.02. The molecule has 0 atom stereocenters. The number of carbonyl (C=O) groups excluding carboxylic acids is 1. The van der Waals surface area contributed by atoms with Crippen molar-refractivity contribution in [1.82, 2.24) is 0 Å². The Kier molecular flexibility index (Phi) is 2.97. The predicted molar refractivity (Wildman–Crippen MR) is 74.1 cm³/mol. The van der Waals surface area contributed by atoms with E-state index in [1.165, 1.54) is 23.5 Å². The molecule has 0 bridgehead atoms. The zero-order chi connectivity index (χ0) is 12.5. The monoisotopic (exact) mass is 276 g/mol. The number of hydrogen-bond donors (Lipinski definition) is 0. The van der Waals surface area contributed by atoms with Gasteiger partial charge in [0.1, 0.15) is 5.82 Å². The molecule has 3 rings (SSSR count). The van der Waals surface area contributed by atoms with Crippen LogP contribution in [-0.4, -0.2) is 5.78 Å². The van der Waals surface area contributed by atoms with Crippen LogP contribution in [0.25, 0.3) is 9.40 Å². The molecule has 2 heterocycles. The Balaban J connectivity index is 1.85. The average Bonchev–Trinajstić information content (AvgIpc) is 2.88. The minimum Gasteiger partial charge on any atom is -0.293 e. The maximum atomic E-state index is 13.0. The number of halogens is 1. The van der Waals surface area contributed by atoms with Crippen molar-refractivity contribution in [2.45, 2.75) is 6.42 Å². The van der Waals surface area contributed by atoms with Crippen LogP contribution >= 0.6 is 22.7 Å². The van der Waals surface area contributed by atoms with Crippen LogP contribution in [0.2, 0.25) is 0 Å². The number of hydrogen-bond acceptors (Lipinski definition) is 3. The van der Waals surface area contributed by atoms with E-state index in [1.807, 2.05) is 17.5 Å². The van der Waals surface area contributed by atoms with E-state index in [1.54, 1.807) is 23.5 Å². The summed E-state index contributed by atoms with van der Waals surface area (Å²) in [5.41, 5.74) is 0.719. The molecular formula is C14H9FOS2. The zero-order valence-corrected chi connectivity index (χ0v) is 11.0. The van der Waals surface area contributed by atoms with Gasteiger partial charge in [-0.2, -0.15) is 0 Å². The number of ketones is 1. The molecule has 2 aromatic heterocycles. The van der Waals surface area contributed by atoms with Gasteiger partial charge in [-0.15, -0.1) is 22.7 Å². The summed E-state index contributed by atoms with van der Waals surface area (Å²) in [6.45, 7) is 0. The lowest BCUT2D eigenvalue weighted by Gasteiger charge is -1.99. The Labute approximate surface area is 112 Å². The van der Waals surface area contributed by atoms with E-state index in [9.17, 15) is 9.18 Å². The number of thiophene rings is 2. The molecule has 0 radical (unpaired) electrons. The van der Waals surface area contributed by atoms with Crippen molar-refractivity contribution in [2.75, 3.05) is 0 Å². The Morgan fingerprint density at radius 1 is 1.17 bits per heavy atom. The molecule has 0 saturated carbocycles. The fourth-order valence-corrected chi connectivity index (χ4v) is 3.87. The summed E-state index contributed by atoms with van der Waals surface area (Å²) in [7, 11) is 0. The quantitative estimate of drug-likeness (QED) is 0.642. The summed E-state index contributed by atoms with van der Waals surface area (Å²) in [6.07, 6.45) is 0.255. The van der Waals surface area contributed by atoms with Crippen molar-refractivity contribution >= 4 is 37.9 Å². The molecule has 0 spiro atoms. The molecule has 1 nitrogen and oxygen atoms in total. The zero-order valence-electron chi connectivity index (χ0n) is 9.35. The van der Waals surface area contributed by atoms with Gasteiger partial charge in [0.05, 0.1) is 4.88 Å². The summed E-state index contributed by atoms with van der Waals surface area (Å²) in [4.78, 5) is 12.8. The van der Waals surface area contributed by atoms with Crippen LogP contribution < -0.4 is 0 Å². The van der Waals surface area contributed by atoms with Crippen molar-refractivity contribution < 1.29 is 9.18 Å². The van der Waals surface area contributed by atoms with Crippen LogP contribution in [0.15, 0.2) is 41.8 Å². The Hall–Kier alpha value is -1.52. The van der Waals surface area contributed by atoms with E-state index < -0.39 is 0 Å². The fraction of sp³-hybridized carbons (Fsp3) is 0.0714. The second-order valence-corrected chi connectivity index (χ2v) is 6.02. The van der Waals surface area contributed by atoms with E-state index in [-0.39, 0.29) is 18.0 Å². The third kappa shape index (κ3) is 2.21. The van der Waals surface area contributed by atoms with Crippen LogP contribution in [0.3, 0.4) is 0 Å². The molecule has 0 N–H and O–H groups in total. The Morgan fingerprint density at radius 3 is 2.83 bits per heavy atom. The third-order valence-electron chi connectivity index (χ3n) is 2.67. The molecule has 18 heavy (non-hydrogen) atoms. The second kappa shape index (κ2) is 4.63. The van der Waals surface area contributed by atoms with Crippen molar-refractivity contribution in [2.24, 2.45) is 0 Å². The van der Waals surface area contributed by atoms with E-state index >= 15 is 0 Å². The molecule has 0 aliphatic carbocycles. The van der Waals surface area contributed by atoms with Gasteiger partial charge >= 0.3 is 0 Å². The predicted octanol–water partition coefficient (Wildman–Crippen LogP) is 4.53. The van der Waals surface area contributed by atoms with Gasteiger partial charge in [-0.05, 0) is 35.2 Å². The van der Waals surface area contributed by atoms with Crippen molar-refractivity contribution in [3.63, 3.8) is 0 Å². The molecular weight excluding hydrogens is 267 g/mol. The van der Waals surface area contributed by atoms with Gasteiger partial charge in [-0.25, -0.2) is 4.39 Å². The van der Waals surface area contributed by atoms with Gasteiger partial charge < -0.3 is 0 Å². The first kappa shape index (κ1) is 11.6. The first-order valence-electron chi connectivity index (χ1n) is 5.47. The van der Waals surface area contributed by atoms with Gasteiger partial charge in [0, 0.05) is 15.8 Å². The SMILES string of the molecule is O=C(Cc1cccc(F)c1)c1cc2sccc2s1. The van der Waals surface area contributed by atoms with Crippen molar-refractivity contribution in [3.05, 3.63) is 58.0 Å². The molecule has 0 amide bonds. The maximum absolute atomic E-state index is 13.0. The van der Waals surface area contributed by atoms with E-state index in [0.717, 1.165) is 19.8 Å². The van der Waals surface area contributed by atoms with Crippen LogP contribution in [0, 0.1) is 5.82 Å². The first-order chi connectivity index (χ1) is 8.72. The summed E-state index contributed by atoms with van der Waals surface area (Å²) in [5.74, 6) is -0.249. The highest BCUT2D eigenvalue weighted by atomic mass is 32.1. The van der Waals surface area contributed by atoms with Crippen LogP contribution in [0.4, 0.5) is 4.39 Å². The lowest BCUT2D eigenvalue weighted by Crippen LogP contribution is -2.01. The molecule has 3 aromatic rings. The largest absolute Gasteiger partial charge is 0.293 e. The molecule has 1 aromatic carbocycles. The highest BCUT2D eigenvalue weighted by Crippen LogP contribution is 2.30. The third-order valence-corrected chi connectivity index (χ3v) is 4.80. The second-order valence-electron chi connectivity index (χ2n) is 3.99. The van der Waals surface area contributed by atoms with Gasteiger partial charge in [0.15, 0.2) is 5.78 Å².